The number of nitrogens with one attached hydrogen (secondary N) is 1. The molecule has 1 atom stereocenters. The Bertz CT molecular complexity index is 543. The number of para-hydroxylation sites is 1. The Morgan fingerprint density at radius 1 is 1.24 bits per heavy atom. The normalized spacial score (nSPS) is 17.2. The lowest BCUT2D eigenvalue weighted by molar-refractivity contribution is 0.360. The molecule has 21 heavy (non-hydrogen) atoms. The van der Waals surface area contributed by atoms with E-state index in [-0.39, 0.29) is 0 Å². The van der Waals surface area contributed by atoms with Crippen LogP contribution in [-0.4, -0.2) is 21.5 Å². The van der Waals surface area contributed by atoms with Crippen molar-refractivity contribution < 1.29 is 0 Å². The van der Waals surface area contributed by atoms with Gasteiger partial charge in [0.2, 0.25) is 0 Å². The van der Waals surface area contributed by atoms with Gasteiger partial charge in [-0.05, 0) is 43.9 Å². The summed E-state index contributed by atoms with van der Waals surface area (Å²) < 4.78 is 0. The predicted molar refractivity (Wildman–Crippen MR) is 84.4 cm³/mol. The van der Waals surface area contributed by atoms with Crippen molar-refractivity contribution in [2.24, 2.45) is 5.92 Å². The topological polar surface area (TPSA) is 42.7 Å². The summed E-state index contributed by atoms with van der Waals surface area (Å²) in [5, 5.41) is 12.9. The molecule has 0 radical (unpaired) electrons. The predicted octanol–water partition coefficient (Wildman–Crippen LogP) is 3.50. The zero-order valence-corrected chi connectivity index (χ0v) is 12.7. The Morgan fingerprint density at radius 2 is 2.00 bits per heavy atom. The summed E-state index contributed by atoms with van der Waals surface area (Å²) >= 11 is 0. The first kappa shape index (κ1) is 14.3. The highest BCUT2D eigenvalue weighted by Gasteiger charge is 2.27. The summed E-state index contributed by atoms with van der Waals surface area (Å²) in [4.78, 5) is 1.74. The van der Waals surface area contributed by atoms with Crippen LogP contribution in [0.25, 0.3) is 5.69 Å². The van der Waals surface area contributed by atoms with Crippen LogP contribution in [0, 0.1) is 5.92 Å². The van der Waals surface area contributed by atoms with Gasteiger partial charge in [-0.1, -0.05) is 38.0 Å². The van der Waals surface area contributed by atoms with Gasteiger partial charge >= 0.3 is 0 Å². The highest BCUT2D eigenvalue weighted by molar-refractivity contribution is 5.28. The molecule has 1 aliphatic carbocycles. The van der Waals surface area contributed by atoms with Crippen LogP contribution in [-0.2, 0) is 0 Å². The second-order valence-electron chi connectivity index (χ2n) is 5.87. The van der Waals surface area contributed by atoms with Crippen LogP contribution < -0.4 is 5.32 Å². The van der Waals surface area contributed by atoms with Gasteiger partial charge in [0.1, 0.15) is 5.69 Å². The Hall–Kier alpha value is -1.68. The van der Waals surface area contributed by atoms with E-state index in [2.05, 4.69) is 17.3 Å². The summed E-state index contributed by atoms with van der Waals surface area (Å²) in [6.45, 7) is 3.25. The van der Waals surface area contributed by atoms with Gasteiger partial charge in [0.15, 0.2) is 0 Å². The Morgan fingerprint density at radius 3 is 2.71 bits per heavy atom. The number of nitrogens with zero attached hydrogens (tertiary/aromatic N) is 3. The molecule has 4 heteroatoms. The standard InChI is InChI=1S/C17H24N4/c1-2-12-18-17(14-8-6-7-9-14)16-13-19-21(20-16)15-10-4-3-5-11-15/h3-5,10-11,13-14,17-18H,2,6-9,12H2,1H3. The van der Waals surface area contributed by atoms with Crippen molar-refractivity contribution in [2.75, 3.05) is 6.54 Å². The zero-order chi connectivity index (χ0) is 14.5. The average Bonchev–Trinajstić information content (AvgIpc) is 3.21. The number of rotatable bonds is 6. The van der Waals surface area contributed by atoms with Crippen molar-refractivity contribution in [3.05, 3.63) is 42.2 Å². The third-order valence-corrected chi connectivity index (χ3v) is 4.30. The van der Waals surface area contributed by atoms with E-state index < -0.39 is 0 Å². The van der Waals surface area contributed by atoms with E-state index >= 15 is 0 Å². The monoisotopic (exact) mass is 284 g/mol. The number of hydrogen-bond donors (Lipinski definition) is 1. The van der Waals surface area contributed by atoms with Crippen molar-refractivity contribution in [1.82, 2.24) is 20.3 Å². The Kier molecular flexibility index (Phi) is 4.65. The molecule has 0 saturated heterocycles. The van der Waals surface area contributed by atoms with E-state index in [1.807, 2.05) is 36.5 Å². The largest absolute Gasteiger partial charge is 0.308 e. The minimum Gasteiger partial charge on any atom is -0.308 e. The van der Waals surface area contributed by atoms with E-state index in [1.54, 1.807) is 4.80 Å². The van der Waals surface area contributed by atoms with Gasteiger partial charge in [-0.15, -0.1) is 0 Å². The molecule has 0 spiro atoms. The average molecular weight is 284 g/mol. The highest BCUT2D eigenvalue weighted by atomic mass is 15.5. The molecule has 4 nitrogen and oxygen atoms in total. The fraction of sp³-hybridized carbons (Fsp3) is 0.529. The third-order valence-electron chi connectivity index (χ3n) is 4.30. The molecular formula is C17H24N4. The quantitative estimate of drug-likeness (QED) is 0.883. The molecule has 2 aromatic rings. The number of aromatic nitrogens is 3. The Balaban J connectivity index is 1.80. The molecule has 1 saturated carbocycles. The molecule has 1 aliphatic rings. The smallest absolute Gasteiger partial charge is 0.100 e. The van der Waals surface area contributed by atoms with Crippen LogP contribution in [0.15, 0.2) is 36.5 Å². The summed E-state index contributed by atoms with van der Waals surface area (Å²) in [6, 6.07) is 10.5. The van der Waals surface area contributed by atoms with Crippen molar-refractivity contribution in [1.29, 1.82) is 0 Å². The number of benzene rings is 1. The summed E-state index contributed by atoms with van der Waals surface area (Å²) in [5.74, 6) is 0.706. The van der Waals surface area contributed by atoms with Crippen LogP contribution in [0.4, 0.5) is 0 Å². The molecule has 0 amide bonds. The first-order chi connectivity index (χ1) is 10.4. The van der Waals surface area contributed by atoms with E-state index in [0.717, 1.165) is 24.3 Å². The van der Waals surface area contributed by atoms with Gasteiger partial charge in [-0.3, -0.25) is 0 Å². The molecule has 3 rings (SSSR count). The van der Waals surface area contributed by atoms with Crippen molar-refractivity contribution in [2.45, 2.75) is 45.1 Å². The molecule has 1 N–H and O–H groups in total. The molecule has 1 aromatic carbocycles. The maximum atomic E-state index is 4.72. The van der Waals surface area contributed by atoms with Gasteiger partial charge in [-0.25, -0.2) is 0 Å². The molecule has 1 unspecified atom stereocenters. The van der Waals surface area contributed by atoms with Crippen molar-refractivity contribution in [3.8, 4) is 5.69 Å². The molecule has 0 aliphatic heterocycles. The van der Waals surface area contributed by atoms with E-state index in [1.165, 1.54) is 25.7 Å². The lowest BCUT2D eigenvalue weighted by atomic mass is 9.95. The van der Waals surface area contributed by atoms with Crippen LogP contribution in [0.2, 0.25) is 0 Å². The Labute approximate surface area is 126 Å². The molecule has 1 aromatic heterocycles. The van der Waals surface area contributed by atoms with E-state index in [9.17, 15) is 0 Å². The first-order valence-corrected chi connectivity index (χ1v) is 8.09. The second kappa shape index (κ2) is 6.85. The third kappa shape index (κ3) is 3.32. The van der Waals surface area contributed by atoms with Gasteiger partial charge in [0.05, 0.1) is 17.9 Å². The fourth-order valence-corrected chi connectivity index (χ4v) is 3.21. The highest BCUT2D eigenvalue weighted by Crippen LogP contribution is 2.35. The molecule has 1 heterocycles. The van der Waals surface area contributed by atoms with Crippen LogP contribution in [0.3, 0.4) is 0 Å². The summed E-state index contributed by atoms with van der Waals surface area (Å²) in [6.07, 6.45) is 8.39. The van der Waals surface area contributed by atoms with Crippen LogP contribution >= 0.6 is 0 Å². The lowest BCUT2D eigenvalue weighted by Gasteiger charge is -2.22. The van der Waals surface area contributed by atoms with Crippen molar-refractivity contribution >= 4 is 0 Å². The minimum atomic E-state index is 0.352. The number of hydrogen-bond acceptors (Lipinski definition) is 3. The second-order valence-corrected chi connectivity index (χ2v) is 5.87. The maximum absolute atomic E-state index is 4.72. The SMILES string of the molecule is CCCNC(c1cnn(-c2ccccc2)n1)C1CCCC1. The molecule has 0 bridgehead atoms. The van der Waals surface area contributed by atoms with E-state index in [0.29, 0.717) is 12.0 Å². The summed E-state index contributed by atoms with van der Waals surface area (Å²) in [5.41, 5.74) is 2.10. The van der Waals surface area contributed by atoms with Gasteiger partial charge < -0.3 is 5.32 Å². The molecular weight excluding hydrogens is 260 g/mol. The van der Waals surface area contributed by atoms with Gasteiger partial charge in [0, 0.05) is 0 Å². The summed E-state index contributed by atoms with van der Waals surface area (Å²) in [7, 11) is 0. The maximum Gasteiger partial charge on any atom is 0.100 e. The first-order valence-electron chi connectivity index (χ1n) is 8.09. The van der Waals surface area contributed by atoms with Crippen LogP contribution in [0.5, 0.6) is 0 Å². The van der Waals surface area contributed by atoms with Gasteiger partial charge in [0.25, 0.3) is 0 Å². The molecule has 1 fully saturated rings. The van der Waals surface area contributed by atoms with Gasteiger partial charge in [-0.2, -0.15) is 15.0 Å². The fourth-order valence-electron chi connectivity index (χ4n) is 3.21. The van der Waals surface area contributed by atoms with Crippen molar-refractivity contribution in [3.63, 3.8) is 0 Å². The van der Waals surface area contributed by atoms with E-state index in [4.69, 9.17) is 5.10 Å². The van der Waals surface area contributed by atoms with Crippen LogP contribution in [0.1, 0.15) is 50.8 Å². The minimum absolute atomic E-state index is 0.352. The lowest BCUT2D eigenvalue weighted by Crippen LogP contribution is -2.28. The molecule has 112 valence electrons. The zero-order valence-electron chi connectivity index (χ0n) is 12.7.